The molecule has 1 N–H and O–H groups in total. The molecule has 1 aromatic carbocycles. The minimum Gasteiger partial charge on any atom is -0.369 e. The van der Waals surface area contributed by atoms with Gasteiger partial charge in [0.15, 0.2) is 5.78 Å². The zero-order chi connectivity index (χ0) is 23.5. The van der Waals surface area contributed by atoms with Crippen molar-refractivity contribution in [3.05, 3.63) is 66.1 Å². The third-order valence-electron chi connectivity index (χ3n) is 6.16. The lowest BCUT2D eigenvalue weighted by atomic mass is 10.1. The zero-order valence-electron chi connectivity index (χ0n) is 19.7. The standard InChI is InChI=1S/C26H29N7O/c1-32(2)12-10-28-24-14-19(8-9-27-24)23(34)15-25-29-16-20-7-6-18(13-21(20)31-25)22-17-30-26-5-3-4-11-33(22)26/h6-9,13-14,16-17H,3-5,10-12,15H2,1-2H3,(H,27,28). The molecular weight excluding hydrogens is 426 g/mol. The number of ketones is 1. The van der Waals surface area contributed by atoms with Crippen molar-refractivity contribution in [2.75, 3.05) is 32.5 Å². The number of imidazole rings is 1. The van der Waals surface area contributed by atoms with E-state index in [1.54, 1.807) is 24.5 Å². The van der Waals surface area contributed by atoms with Crippen molar-refractivity contribution in [2.45, 2.75) is 32.2 Å². The van der Waals surface area contributed by atoms with Gasteiger partial charge in [-0.3, -0.25) is 4.79 Å². The van der Waals surface area contributed by atoms with E-state index in [2.05, 4.69) is 41.9 Å². The number of nitrogens with one attached hydrogen (secondary N) is 1. The molecule has 8 heteroatoms. The number of Topliss-reactive ketones (excluding diaryl/α,β-unsaturated/α-hetero) is 1. The topological polar surface area (TPSA) is 88.8 Å². The number of hydrogen-bond acceptors (Lipinski definition) is 7. The van der Waals surface area contributed by atoms with Gasteiger partial charge in [0, 0.05) is 55.0 Å². The van der Waals surface area contributed by atoms with Crippen LogP contribution in [0.5, 0.6) is 0 Å². The highest BCUT2D eigenvalue weighted by molar-refractivity contribution is 5.97. The highest BCUT2D eigenvalue weighted by Crippen LogP contribution is 2.27. The van der Waals surface area contributed by atoms with Crippen LogP contribution in [0.3, 0.4) is 0 Å². The number of rotatable bonds is 8. The lowest BCUT2D eigenvalue weighted by Gasteiger charge is -2.16. The van der Waals surface area contributed by atoms with E-state index >= 15 is 0 Å². The molecule has 0 unspecified atom stereocenters. The lowest BCUT2D eigenvalue weighted by molar-refractivity contribution is 0.0991. The monoisotopic (exact) mass is 455 g/mol. The first kappa shape index (κ1) is 22.2. The molecular formula is C26H29N7O. The number of hydrogen-bond donors (Lipinski definition) is 1. The molecule has 1 aliphatic heterocycles. The fraction of sp³-hybridized carbons (Fsp3) is 0.346. The van der Waals surface area contributed by atoms with Gasteiger partial charge in [0.1, 0.15) is 17.5 Å². The van der Waals surface area contributed by atoms with E-state index in [-0.39, 0.29) is 12.2 Å². The van der Waals surface area contributed by atoms with E-state index in [1.165, 1.54) is 12.8 Å². The van der Waals surface area contributed by atoms with Crippen LogP contribution >= 0.6 is 0 Å². The van der Waals surface area contributed by atoms with Gasteiger partial charge in [-0.2, -0.15) is 0 Å². The second kappa shape index (κ2) is 9.69. The molecule has 174 valence electrons. The summed E-state index contributed by atoms with van der Waals surface area (Å²) in [6, 6.07) is 9.73. The summed E-state index contributed by atoms with van der Waals surface area (Å²) in [7, 11) is 4.04. The van der Waals surface area contributed by atoms with Gasteiger partial charge in [-0.25, -0.2) is 19.9 Å². The molecule has 0 aliphatic carbocycles. The average Bonchev–Trinajstić information content (AvgIpc) is 3.28. The first-order valence-electron chi connectivity index (χ1n) is 11.7. The van der Waals surface area contributed by atoms with Crippen LogP contribution < -0.4 is 5.32 Å². The van der Waals surface area contributed by atoms with Crippen LogP contribution in [-0.2, 0) is 19.4 Å². The van der Waals surface area contributed by atoms with Crippen molar-refractivity contribution < 1.29 is 4.79 Å². The molecule has 5 rings (SSSR count). The van der Waals surface area contributed by atoms with Crippen molar-refractivity contribution in [3.8, 4) is 11.3 Å². The number of anilines is 1. The van der Waals surface area contributed by atoms with E-state index in [0.717, 1.165) is 54.0 Å². The van der Waals surface area contributed by atoms with E-state index in [4.69, 9.17) is 4.98 Å². The van der Waals surface area contributed by atoms with Gasteiger partial charge >= 0.3 is 0 Å². The molecule has 0 spiro atoms. The van der Waals surface area contributed by atoms with Crippen molar-refractivity contribution in [2.24, 2.45) is 0 Å². The molecule has 4 heterocycles. The predicted octanol–water partition coefficient (Wildman–Crippen LogP) is 3.62. The smallest absolute Gasteiger partial charge is 0.170 e. The summed E-state index contributed by atoms with van der Waals surface area (Å²) < 4.78 is 2.31. The maximum Gasteiger partial charge on any atom is 0.170 e. The number of pyridine rings is 1. The minimum absolute atomic E-state index is 0.0292. The number of likely N-dealkylation sites (N-methyl/N-ethyl adjacent to an activating group) is 1. The highest BCUT2D eigenvalue weighted by atomic mass is 16.1. The van der Waals surface area contributed by atoms with Gasteiger partial charge in [0.2, 0.25) is 0 Å². The Kier molecular flexibility index (Phi) is 6.31. The number of benzene rings is 1. The molecule has 0 atom stereocenters. The van der Waals surface area contributed by atoms with E-state index in [0.29, 0.717) is 17.2 Å². The summed E-state index contributed by atoms with van der Waals surface area (Å²) in [6.45, 7) is 2.65. The largest absolute Gasteiger partial charge is 0.369 e. The second-order valence-electron chi connectivity index (χ2n) is 8.99. The van der Waals surface area contributed by atoms with Crippen molar-refractivity contribution in [3.63, 3.8) is 0 Å². The molecule has 0 saturated heterocycles. The van der Waals surface area contributed by atoms with Crippen LogP contribution in [-0.4, -0.2) is 62.4 Å². The average molecular weight is 456 g/mol. The molecule has 34 heavy (non-hydrogen) atoms. The van der Waals surface area contributed by atoms with Gasteiger partial charge in [0.05, 0.1) is 23.8 Å². The van der Waals surface area contributed by atoms with Gasteiger partial charge in [0.25, 0.3) is 0 Å². The van der Waals surface area contributed by atoms with Crippen molar-refractivity contribution in [1.29, 1.82) is 0 Å². The number of aromatic nitrogens is 5. The van der Waals surface area contributed by atoms with Crippen LogP contribution in [0, 0.1) is 0 Å². The Balaban J connectivity index is 1.34. The molecule has 4 aromatic rings. The maximum absolute atomic E-state index is 12.9. The maximum atomic E-state index is 12.9. The Morgan fingerprint density at radius 2 is 2.00 bits per heavy atom. The molecule has 0 radical (unpaired) electrons. The SMILES string of the molecule is CN(C)CCNc1cc(C(=O)Cc2ncc3ccc(-c4cnc5n4CCCC5)cc3n2)ccn1. The van der Waals surface area contributed by atoms with E-state index in [9.17, 15) is 4.79 Å². The summed E-state index contributed by atoms with van der Waals surface area (Å²) >= 11 is 0. The number of fused-ring (bicyclic) bond motifs is 2. The molecule has 3 aromatic heterocycles. The van der Waals surface area contributed by atoms with Crippen LogP contribution in [0.4, 0.5) is 5.82 Å². The number of aryl methyl sites for hydroxylation is 1. The number of carbonyl (C=O) groups is 1. The van der Waals surface area contributed by atoms with Gasteiger partial charge in [-0.05, 0) is 45.1 Å². The summed E-state index contributed by atoms with van der Waals surface area (Å²) in [5, 5.41) is 4.21. The lowest BCUT2D eigenvalue weighted by Crippen LogP contribution is -2.21. The normalized spacial score (nSPS) is 13.3. The first-order valence-corrected chi connectivity index (χ1v) is 11.7. The Hall–Kier alpha value is -3.65. The van der Waals surface area contributed by atoms with Gasteiger partial charge in [-0.15, -0.1) is 0 Å². The fourth-order valence-electron chi connectivity index (χ4n) is 4.31. The van der Waals surface area contributed by atoms with Crippen molar-refractivity contribution >= 4 is 22.5 Å². The van der Waals surface area contributed by atoms with Crippen LogP contribution in [0.15, 0.2) is 48.9 Å². The fourth-order valence-corrected chi connectivity index (χ4v) is 4.31. The second-order valence-corrected chi connectivity index (χ2v) is 8.99. The van der Waals surface area contributed by atoms with Crippen LogP contribution in [0.2, 0.25) is 0 Å². The predicted molar refractivity (Wildman–Crippen MR) is 133 cm³/mol. The molecule has 1 aliphatic rings. The van der Waals surface area contributed by atoms with E-state index < -0.39 is 0 Å². The van der Waals surface area contributed by atoms with Gasteiger partial charge in [-0.1, -0.05) is 12.1 Å². The molecule has 0 saturated carbocycles. The summed E-state index contributed by atoms with van der Waals surface area (Å²) in [5.41, 5.74) is 3.65. The molecule has 0 amide bonds. The van der Waals surface area contributed by atoms with Gasteiger partial charge < -0.3 is 14.8 Å². The quantitative estimate of drug-likeness (QED) is 0.406. The van der Waals surface area contributed by atoms with Crippen LogP contribution in [0.1, 0.15) is 34.8 Å². The Bertz CT molecular complexity index is 1330. The van der Waals surface area contributed by atoms with E-state index in [1.807, 2.05) is 26.4 Å². The van der Waals surface area contributed by atoms with Crippen molar-refractivity contribution in [1.82, 2.24) is 29.4 Å². The first-order chi connectivity index (χ1) is 16.6. The zero-order valence-corrected chi connectivity index (χ0v) is 19.7. The summed E-state index contributed by atoms with van der Waals surface area (Å²) in [4.78, 5) is 33.1. The summed E-state index contributed by atoms with van der Waals surface area (Å²) in [5.74, 6) is 2.34. The highest BCUT2D eigenvalue weighted by Gasteiger charge is 2.16. The molecule has 0 bridgehead atoms. The Morgan fingerprint density at radius 1 is 1.09 bits per heavy atom. The Morgan fingerprint density at radius 3 is 2.88 bits per heavy atom. The number of carbonyl (C=O) groups excluding carboxylic acids is 1. The third-order valence-corrected chi connectivity index (χ3v) is 6.16. The molecule has 0 fully saturated rings. The summed E-state index contributed by atoms with van der Waals surface area (Å²) in [6.07, 6.45) is 8.96. The third kappa shape index (κ3) is 4.82. The minimum atomic E-state index is -0.0292. The molecule has 8 nitrogen and oxygen atoms in total. The Labute approximate surface area is 199 Å². The number of nitrogens with zero attached hydrogens (tertiary/aromatic N) is 6. The van der Waals surface area contributed by atoms with Crippen LogP contribution in [0.25, 0.3) is 22.2 Å².